The first-order valence-electron chi connectivity index (χ1n) is 5.11. The van der Waals surface area contributed by atoms with E-state index in [0.717, 1.165) is 0 Å². The number of nitrogens with one attached hydrogen (secondary N) is 1. The minimum Gasteiger partial charge on any atom is -0.392 e. The molecule has 7 heteroatoms. The molecule has 0 amide bonds. The van der Waals surface area contributed by atoms with Crippen molar-refractivity contribution in [1.82, 2.24) is 9.97 Å². The Morgan fingerprint density at radius 3 is 2.56 bits per heavy atom. The summed E-state index contributed by atoms with van der Waals surface area (Å²) in [5.74, 6) is 0.00639. The van der Waals surface area contributed by atoms with Gasteiger partial charge in [-0.1, -0.05) is 12.1 Å². The van der Waals surface area contributed by atoms with E-state index < -0.39 is 10.0 Å². The van der Waals surface area contributed by atoms with Gasteiger partial charge in [0, 0.05) is 12.4 Å². The lowest BCUT2D eigenvalue weighted by molar-refractivity contribution is 0.281. The van der Waals surface area contributed by atoms with Crippen LogP contribution in [0, 0.1) is 0 Å². The van der Waals surface area contributed by atoms with Crippen LogP contribution in [0.15, 0.2) is 47.6 Å². The van der Waals surface area contributed by atoms with Crippen LogP contribution in [-0.4, -0.2) is 23.5 Å². The number of hydrogen-bond acceptors (Lipinski definition) is 5. The van der Waals surface area contributed by atoms with Gasteiger partial charge in [0.2, 0.25) is 5.95 Å². The Morgan fingerprint density at radius 2 is 1.89 bits per heavy atom. The van der Waals surface area contributed by atoms with Crippen molar-refractivity contribution in [3.63, 3.8) is 0 Å². The number of aliphatic hydroxyl groups is 1. The van der Waals surface area contributed by atoms with Crippen LogP contribution >= 0.6 is 0 Å². The molecule has 0 aliphatic carbocycles. The average molecular weight is 265 g/mol. The summed E-state index contributed by atoms with van der Waals surface area (Å²) in [6.45, 7) is -0.217. The predicted octanol–water partition coefficient (Wildman–Crippen LogP) is 0.770. The lowest BCUT2D eigenvalue weighted by Crippen LogP contribution is -2.15. The topological polar surface area (TPSA) is 92.2 Å². The number of rotatable bonds is 4. The van der Waals surface area contributed by atoms with Gasteiger partial charge in [0.05, 0.1) is 11.5 Å². The first-order valence-corrected chi connectivity index (χ1v) is 6.60. The van der Waals surface area contributed by atoms with Crippen molar-refractivity contribution in [2.45, 2.75) is 11.5 Å². The molecule has 0 unspecified atom stereocenters. The highest BCUT2D eigenvalue weighted by atomic mass is 32.2. The second-order valence-corrected chi connectivity index (χ2v) is 5.17. The molecular weight excluding hydrogens is 254 g/mol. The second kappa shape index (κ2) is 5.11. The molecule has 0 atom stereocenters. The number of benzene rings is 1. The third kappa shape index (κ3) is 2.82. The number of sulfonamides is 1. The van der Waals surface area contributed by atoms with E-state index in [4.69, 9.17) is 5.11 Å². The number of hydrogen-bond donors (Lipinski definition) is 2. The average Bonchev–Trinajstić information content (AvgIpc) is 2.39. The van der Waals surface area contributed by atoms with E-state index in [0.29, 0.717) is 5.56 Å². The minimum atomic E-state index is -3.73. The van der Waals surface area contributed by atoms with Crippen LogP contribution in [0.5, 0.6) is 0 Å². The maximum absolute atomic E-state index is 12.0. The Hall–Kier alpha value is -1.99. The zero-order valence-corrected chi connectivity index (χ0v) is 10.1. The Bertz CT molecular complexity index is 629. The first kappa shape index (κ1) is 12.5. The van der Waals surface area contributed by atoms with Gasteiger partial charge in [0.15, 0.2) is 0 Å². The van der Waals surface area contributed by atoms with E-state index in [2.05, 4.69) is 14.7 Å². The van der Waals surface area contributed by atoms with Crippen molar-refractivity contribution in [2.75, 3.05) is 4.72 Å². The van der Waals surface area contributed by atoms with E-state index in [9.17, 15) is 8.42 Å². The van der Waals surface area contributed by atoms with E-state index in [1.54, 1.807) is 18.2 Å². The van der Waals surface area contributed by atoms with Gasteiger partial charge in [-0.2, -0.15) is 0 Å². The third-order valence-electron chi connectivity index (χ3n) is 2.18. The normalized spacial score (nSPS) is 11.2. The van der Waals surface area contributed by atoms with Gasteiger partial charge in [-0.05, 0) is 23.8 Å². The summed E-state index contributed by atoms with van der Waals surface area (Å²) in [4.78, 5) is 7.62. The summed E-state index contributed by atoms with van der Waals surface area (Å²) in [5, 5.41) is 8.98. The van der Waals surface area contributed by atoms with Crippen molar-refractivity contribution >= 4 is 16.0 Å². The minimum absolute atomic E-state index is 0.00639. The fourth-order valence-corrected chi connectivity index (χ4v) is 2.37. The molecular formula is C11H11N3O3S. The molecule has 0 saturated heterocycles. The van der Waals surface area contributed by atoms with Gasteiger partial charge in [0.1, 0.15) is 0 Å². The van der Waals surface area contributed by atoms with Crippen LogP contribution in [0.4, 0.5) is 5.95 Å². The quantitative estimate of drug-likeness (QED) is 0.851. The van der Waals surface area contributed by atoms with Crippen LogP contribution in [-0.2, 0) is 16.6 Å². The molecule has 0 radical (unpaired) electrons. The van der Waals surface area contributed by atoms with Gasteiger partial charge < -0.3 is 5.11 Å². The fraction of sp³-hybridized carbons (Fsp3) is 0.0909. The Balaban J connectivity index is 2.31. The lowest BCUT2D eigenvalue weighted by atomic mass is 10.2. The lowest BCUT2D eigenvalue weighted by Gasteiger charge is -2.07. The summed E-state index contributed by atoms with van der Waals surface area (Å²) >= 11 is 0. The number of anilines is 1. The van der Waals surface area contributed by atoms with E-state index in [1.807, 2.05) is 0 Å². The predicted molar refractivity (Wildman–Crippen MR) is 65.2 cm³/mol. The molecule has 18 heavy (non-hydrogen) atoms. The largest absolute Gasteiger partial charge is 0.392 e. The maximum atomic E-state index is 12.0. The first-order chi connectivity index (χ1) is 8.62. The van der Waals surface area contributed by atoms with Crippen molar-refractivity contribution in [3.8, 4) is 0 Å². The van der Waals surface area contributed by atoms with Crippen molar-refractivity contribution in [1.29, 1.82) is 0 Å². The van der Waals surface area contributed by atoms with E-state index in [-0.39, 0.29) is 17.5 Å². The van der Waals surface area contributed by atoms with Gasteiger partial charge in [-0.15, -0.1) is 0 Å². The van der Waals surface area contributed by atoms with Gasteiger partial charge in [-0.3, -0.25) is 0 Å². The standard InChI is InChI=1S/C11H11N3O3S/c15-8-9-3-1-4-10(7-9)18(16,17)14-11-12-5-2-6-13-11/h1-7,15H,8H2,(H,12,13,14). The molecule has 0 spiro atoms. The number of aliphatic hydroxyl groups excluding tert-OH is 1. The molecule has 0 saturated carbocycles. The molecule has 6 nitrogen and oxygen atoms in total. The summed E-state index contributed by atoms with van der Waals surface area (Å²) in [6, 6.07) is 7.61. The molecule has 0 aliphatic rings. The smallest absolute Gasteiger partial charge is 0.264 e. The number of aromatic nitrogens is 2. The highest BCUT2D eigenvalue weighted by molar-refractivity contribution is 7.92. The zero-order valence-electron chi connectivity index (χ0n) is 9.31. The number of nitrogens with zero attached hydrogens (tertiary/aromatic N) is 2. The molecule has 2 aromatic rings. The Morgan fingerprint density at radius 1 is 1.17 bits per heavy atom. The molecule has 0 aliphatic heterocycles. The molecule has 2 N–H and O–H groups in total. The molecule has 2 rings (SSSR count). The molecule has 0 fully saturated rings. The molecule has 1 aromatic heterocycles. The molecule has 94 valence electrons. The summed E-state index contributed by atoms with van der Waals surface area (Å²) in [7, 11) is -3.73. The van der Waals surface area contributed by atoms with Crippen molar-refractivity contribution in [3.05, 3.63) is 48.3 Å². The SMILES string of the molecule is O=S(=O)(Nc1ncccn1)c1cccc(CO)c1. The van der Waals surface area contributed by atoms with Crippen molar-refractivity contribution in [2.24, 2.45) is 0 Å². The van der Waals surface area contributed by atoms with E-state index >= 15 is 0 Å². The maximum Gasteiger partial charge on any atom is 0.264 e. The highest BCUT2D eigenvalue weighted by Crippen LogP contribution is 2.14. The third-order valence-corrected chi connectivity index (χ3v) is 3.51. The van der Waals surface area contributed by atoms with Gasteiger partial charge in [-0.25, -0.2) is 23.1 Å². The Labute approximate surface area is 104 Å². The zero-order chi connectivity index (χ0) is 13.0. The van der Waals surface area contributed by atoms with Crippen LogP contribution in [0.2, 0.25) is 0 Å². The van der Waals surface area contributed by atoms with Crippen LogP contribution in [0.25, 0.3) is 0 Å². The van der Waals surface area contributed by atoms with Gasteiger partial charge in [0.25, 0.3) is 10.0 Å². The summed E-state index contributed by atoms with van der Waals surface area (Å²) < 4.78 is 26.2. The van der Waals surface area contributed by atoms with Crippen LogP contribution in [0.3, 0.4) is 0 Å². The fourth-order valence-electron chi connectivity index (χ4n) is 1.34. The van der Waals surface area contributed by atoms with Gasteiger partial charge >= 0.3 is 0 Å². The Kier molecular flexibility index (Phi) is 3.54. The highest BCUT2D eigenvalue weighted by Gasteiger charge is 2.15. The van der Waals surface area contributed by atoms with Crippen LogP contribution < -0.4 is 4.72 Å². The van der Waals surface area contributed by atoms with Crippen LogP contribution in [0.1, 0.15) is 5.56 Å². The molecule has 1 aromatic carbocycles. The second-order valence-electron chi connectivity index (χ2n) is 3.48. The molecule has 0 bridgehead atoms. The summed E-state index contributed by atoms with van der Waals surface area (Å²) in [5.41, 5.74) is 0.520. The monoisotopic (exact) mass is 265 g/mol. The molecule has 1 heterocycles. The summed E-state index contributed by atoms with van der Waals surface area (Å²) in [6.07, 6.45) is 2.88. The van der Waals surface area contributed by atoms with Crippen molar-refractivity contribution < 1.29 is 13.5 Å². The van der Waals surface area contributed by atoms with E-state index in [1.165, 1.54) is 24.5 Å².